The molecule has 0 heterocycles. The quantitative estimate of drug-likeness (QED) is 0.117. The fraction of sp³-hybridized carbons (Fsp3) is 0.269. The van der Waals surface area contributed by atoms with Crippen LogP contribution < -0.4 is 0 Å². The van der Waals surface area contributed by atoms with Crippen molar-refractivity contribution in [3.05, 3.63) is 91.0 Å². The Balaban J connectivity index is 2.01. The van der Waals surface area contributed by atoms with Crippen LogP contribution in [-0.4, -0.2) is 31.6 Å². The number of benzene rings is 3. The molecule has 0 fully saturated rings. The van der Waals surface area contributed by atoms with Crippen molar-refractivity contribution in [2.45, 2.75) is 45.6 Å². The fourth-order valence-electron chi connectivity index (χ4n) is 3.44. The maximum absolute atomic E-state index is 15.1. The molecule has 3 rings (SSSR count). The normalized spacial score (nSPS) is 12.8. The number of alkyl halides is 3. The van der Waals surface area contributed by atoms with Crippen LogP contribution in [0.5, 0.6) is 0 Å². The number of esters is 1. The summed E-state index contributed by atoms with van der Waals surface area (Å²) in [4.78, 5) is 13.4. The van der Waals surface area contributed by atoms with Gasteiger partial charge in [-0.25, -0.2) is 8.42 Å². The zero-order chi connectivity index (χ0) is 26.1. The largest absolute Gasteiger partial charge is 0.466 e. The van der Waals surface area contributed by atoms with Gasteiger partial charge in [0.2, 0.25) is 0 Å². The molecule has 194 valence electrons. The van der Waals surface area contributed by atoms with Gasteiger partial charge in [-0.1, -0.05) is 83.4 Å². The molecule has 0 spiro atoms. The van der Waals surface area contributed by atoms with E-state index in [2.05, 4.69) is 20.7 Å². The summed E-state index contributed by atoms with van der Waals surface area (Å²) in [6.45, 7) is -0.305. The van der Waals surface area contributed by atoms with Crippen LogP contribution in [0, 0.1) is 0 Å². The molecule has 5 nitrogen and oxygen atoms in total. The second kappa shape index (κ2) is 12.8. The van der Waals surface area contributed by atoms with Crippen molar-refractivity contribution in [3.63, 3.8) is 0 Å². The van der Waals surface area contributed by atoms with E-state index < -0.39 is 31.7 Å². The van der Waals surface area contributed by atoms with Gasteiger partial charge < -0.3 is 4.74 Å². The zero-order valence-corrected chi connectivity index (χ0v) is 22.6. The lowest BCUT2D eigenvalue weighted by molar-refractivity contribution is -0.161. The Morgan fingerprint density at radius 1 is 0.722 bits per heavy atom. The Kier molecular flexibility index (Phi) is 10.1. The van der Waals surface area contributed by atoms with E-state index in [4.69, 9.17) is 3.63 Å². The molecule has 0 unspecified atom stereocenters. The van der Waals surface area contributed by atoms with Crippen LogP contribution in [0.1, 0.15) is 25.7 Å². The van der Waals surface area contributed by atoms with Crippen molar-refractivity contribution in [2.24, 2.45) is 0 Å². The minimum absolute atomic E-state index is 0.305. The standard InChI is InChI=1S/C26H27BrF2O5S2/c27-20-12-1-2-13-21-33-25(30)26(28,29)36(31,32)34-35(22-14-6-3-7-15-22,23-16-8-4-9-17-23)24-18-10-5-11-19-24/h3-11,14-19H,1-2,12-13,20-21H2. The Morgan fingerprint density at radius 2 is 1.14 bits per heavy atom. The van der Waals surface area contributed by atoms with E-state index in [-0.39, 0.29) is 6.61 Å². The molecule has 0 aromatic heterocycles. The maximum Gasteiger partial charge on any atom is 0.466 e. The molecule has 0 saturated carbocycles. The molecule has 0 amide bonds. The van der Waals surface area contributed by atoms with E-state index in [0.717, 1.165) is 18.2 Å². The maximum atomic E-state index is 15.1. The smallest absolute Gasteiger partial charge is 0.460 e. The second-order valence-electron chi connectivity index (χ2n) is 7.77. The molecule has 36 heavy (non-hydrogen) atoms. The van der Waals surface area contributed by atoms with Crippen molar-refractivity contribution in [1.82, 2.24) is 0 Å². The van der Waals surface area contributed by atoms with Crippen LogP contribution >= 0.6 is 26.2 Å². The van der Waals surface area contributed by atoms with Gasteiger partial charge in [-0.15, -0.1) is 0 Å². The molecule has 0 bridgehead atoms. The highest BCUT2D eigenvalue weighted by atomic mass is 79.9. The molecule has 0 saturated heterocycles. The summed E-state index contributed by atoms with van der Waals surface area (Å²) in [7, 11) is -9.01. The lowest BCUT2D eigenvalue weighted by Gasteiger charge is -2.39. The van der Waals surface area contributed by atoms with E-state index >= 15 is 8.78 Å². The first kappa shape index (κ1) is 28.3. The third-order valence-electron chi connectivity index (χ3n) is 5.23. The Hall–Kier alpha value is -2.27. The van der Waals surface area contributed by atoms with E-state index in [0.29, 0.717) is 27.5 Å². The Bertz CT molecular complexity index is 1110. The Morgan fingerprint density at radius 3 is 1.56 bits per heavy atom. The number of carbonyl (C=O) groups is 1. The topological polar surface area (TPSA) is 69.7 Å². The average Bonchev–Trinajstić information content (AvgIpc) is 2.90. The van der Waals surface area contributed by atoms with Crippen molar-refractivity contribution in [3.8, 4) is 0 Å². The second-order valence-corrected chi connectivity index (χ2v) is 13.1. The van der Waals surface area contributed by atoms with Gasteiger partial charge in [0.15, 0.2) is 0 Å². The molecule has 0 atom stereocenters. The lowest BCUT2D eigenvalue weighted by atomic mass is 10.2. The minimum atomic E-state index is -5.79. The molecule has 0 aliphatic carbocycles. The SMILES string of the molecule is O=C(OCCCCCCBr)C(F)(F)S(=O)(=O)OS(c1ccccc1)(c1ccccc1)c1ccccc1. The summed E-state index contributed by atoms with van der Waals surface area (Å²) in [5.74, 6) is -2.15. The van der Waals surface area contributed by atoms with Gasteiger partial charge in [-0.3, -0.25) is 0 Å². The summed E-state index contributed by atoms with van der Waals surface area (Å²) in [5, 5.41) is -4.09. The number of carbonyl (C=O) groups excluding carboxylic acids is 1. The predicted octanol–water partition coefficient (Wildman–Crippen LogP) is 7.32. The van der Waals surface area contributed by atoms with Crippen LogP contribution in [0.25, 0.3) is 0 Å². The first-order valence-electron chi connectivity index (χ1n) is 11.3. The number of rotatable bonds is 13. The minimum Gasteiger partial charge on any atom is -0.460 e. The third-order valence-corrected chi connectivity index (χ3v) is 10.9. The summed E-state index contributed by atoms with van der Waals surface area (Å²) in [6.07, 6.45) is 2.74. The first-order chi connectivity index (χ1) is 17.3. The van der Waals surface area contributed by atoms with Gasteiger partial charge in [0.25, 0.3) is 0 Å². The molecule has 3 aromatic carbocycles. The zero-order valence-electron chi connectivity index (χ0n) is 19.4. The molecule has 0 radical (unpaired) electrons. The van der Waals surface area contributed by atoms with Crippen LogP contribution in [-0.2, 0) is 23.3 Å². The molecular formula is C26H27BrF2O5S2. The van der Waals surface area contributed by atoms with Crippen molar-refractivity contribution in [2.75, 3.05) is 11.9 Å². The van der Waals surface area contributed by atoms with Gasteiger partial charge in [-0.2, -0.15) is 17.2 Å². The highest BCUT2D eigenvalue weighted by Crippen LogP contribution is 2.70. The van der Waals surface area contributed by atoms with Gasteiger partial charge in [-0.05, 0) is 59.5 Å². The highest BCUT2D eigenvalue weighted by Gasteiger charge is 2.58. The summed E-state index contributed by atoms with van der Waals surface area (Å²) < 4.78 is 66.7. The number of halogens is 3. The van der Waals surface area contributed by atoms with Crippen LogP contribution in [0.15, 0.2) is 106 Å². The monoisotopic (exact) mass is 600 g/mol. The van der Waals surface area contributed by atoms with Gasteiger partial charge in [0, 0.05) is 20.0 Å². The lowest BCUT2D eigenvalue weighted by Crippen LogP contribution is -2.41. The summed E-state index contributed by atoms with van der Waals surface area (Å²) in [6, 6.07) is 24.9. The average molecular weight is 602 g/mol. The van der Waals surface area contributed by atoms with Gasteiger partial charge in [0.05, 0.1) is 6.61 Å². The van der Waals surface area contributed by atoms with Gasteiger partial charge >= 0.3 is 21.3 Å². The van der Waals surface area contributed by atoms with Crippen molar-refractivity contribution < 1.29 is 30.4 Å². The van der Waals surface area contributed by atoms with Crippen LogP contribution in [0.3, 0.4) is 0 Å². The first-order valence-corrected chi connectivity index (χ1v) is 15.4. The molecule has 0 aliphatic rings. The molecule has 0 N–H and O–H groups in total. The number of hydrogen-bond donors (Lipinski definition) is 0. The van der Waals surface area contributed by atoms with Crippen molar-refractivity contribution in [1.29, 1.82) is 0 Å². The fourth-order valence-corrected chi connectivity index (χ4v) is 8.90. The van der Waals surface area contributed by atoms with Crippen molar-refractivity contribution >= 4 is 42.3 Å². The molecule has 0 aliphatic heterocycles. The third kappa shape index (κ3) is 6.34. The van der Waals surface area contributed by atoms with Crippen LogP contribution in [0.4, 0.5) is 8.78 Å². The number of unbranched alkanes of at least 4 members (excludes halogenated alkanes) is 3. The predicted molar refractivity (Wildman–Crippen MR) is 140 cm³/mol. The summed E-state index contributed by atoms with van der Waals surface area (Å²) in [5.41, 5.74) is 0. The van der Waals surface area contributed by atoms with E-state index in [1.807, 2.05) is 0 Å². The van der Waals surface area contributed by atoms with E-state index in [1.54, 1.807) is 91.0 Å². The van der Waals surface area contributed by atoms with Gasteiger partial charge in [0.1, 0.15) is 0 Å². The summed E-state index contributed by atoms with van der Waals surface area (Å²) >= 11 is 3.30. The molecule has 3 aromatic rings. The van der Waals surface area contributed by atoms with Crippen LogP contribution in [0.2, 0.25) is 0 Å². The Labute approximate surface area is 220 Å². The number of ether oxygens (including phenoxy) is 1. The highest BCUT2D eigenvalue weighted by molar-refractivity contribution is 9.09. The van der Waals surface area contributed by atoms with E-state index in [1.165, 1.54) is 0 Å². The number of hydrogen-bond acceptors (Lipinski definition) is 5. The molecule has 10 heteroatoms. The molecular weight excluding hydrogens is 574 g/mol. The van der Waals surface area contributed by atoms with E-state index in [9.17, 15) is 13.2 Å².